The van der Waals surface area contributed by atoms with Gasteiger partial charge in [-0.1, -0.05) is 56.8 Å². The van der Waals surface area contributed by atoms with Crippen LogP contribution in [0.2, 0.25) is 0 Å². The number of hydrogen-bond acceptors (Lipinski definition) is 3. The van der Waals surface area contributed by atoms with Gasteiger partial charge in [0.1, 0.15) is 11.0 Å². The Bertz CT molecular complexity index is 599. The van der Waals surface area contributed by atoms with Crippen molar-refractivity contribution in [3.8, 4) is 0 Å². The van der Waals surface area contributed by atoms with E-state index in [4.69, 9.17) is 4.74 Å². The molecule has 2 nitrogen and oxygen atoms in total. The summed E-state index contributed by atoms with van der Waals surface area (Å²) in [6.45, 7) is 9.50. The summed E-state index contributed by atoms with van der Waals surface area (Å²) in [6, 6.07) is 9.80. The maximum Gasteiger partial charge on any atom is 0.143 e. The lowest BCUT2D eigenvalue weighted by molar-refractivity contribution is -0.142. The van der Waals surface area contributed by atoms with Crippen molar-refractivity contribution in [3.05, 3.63) is 48.6 Å². The summed E-state index contributed by atoms with van der Waals surface area (Å²) < 4.78 is 6.19. The predicted molar refractivity (Wildman–Crippen MR) is 95.1 cm³/mol. The van der Waals surface area contributed by atoms with Crippen molar-refractivity contribution in [3.63, 3.8) is 0 Å². The monoisotopic (exact) mass is 330 g/mol. The molecule has 1 aromatic carbocycles. The number of rotatable bonds is 3. The molecule has 3 aliphatic carbocycles. The second-order valence-electron chi connectivity index (χ2n) is 8.00. The van der Waals surface area contributed by atoms with Crippen LogP contribution in [0.25, 0.3) is 0 Å². The highest BCUT2D eigenvalue weighted by Gasteiger charge is 2.60. The number of thioether (sulfide) groups is 1. The number of hydrogen-bond donors (Lipinski definition) is 1. The van der Waals surface area contributed by atoms with Gasteiger partial charge in [0.2, 0.25) is 0 Å². The molecule has 0 aromatic heterocycles. The molecule has 23 heavy (non-hydrogen) atoms. The van der Waals surface area contributed by atoms with E-state index in [9.17, 15) is 5.11 Å². The van der Waals surface area contributed by atoms with E-state index in [2.05, 4.69) is 20.4 Å². The average molecular weight is 330 g/mol. The largest absolute Gasteiger partial charge is 0.377 e. The first kappa shape index (κ1) is 15.7. The van der Waals surface area contributed by atoms with Crippen molar-refractivity contribution in [1.82, 2.24) is 0 Å². The summed E-state index contributed by atoms with van der Waals surface area (Å²) in [4.78, 5) is 0. The quantitative estimate of drug-likeness (QED) is 0.842. The zero-order chi connectivity index (χ0) is 16.2. The predicted octanol–water partition coefficient (Wildman–Crippen LogP) is 4.20. The second kappa shape index (κ2) is 5.37. The maximum atomic E-state index is 11.2. The SMILES string of the molecule is C=C[C@](O)(c1ccccc1)[C@@H]1OC[C@@H]2[C@H](C[C@H]3C[C@@H]2C3(C)C)S1. The van der Waals surface area contributed by atoms with Gasteiger partial charge < -0.3 is 9.84 Å². The average Bonchev–Trinajstić information content (AvgIpc) is 2.60. The van der Waals surface area contributed by atoms with Gasteiger partial charge in [0.15, 0.2) is 0 Å². The summed E-state index contributed by atoms with van der Waals surface area (Å²) in [5.74, 6) is 2.27. The van der Waals surface area contributed by atoms with Gasteiger partial charge in [-0.3, -0.25) is 0 Å². The Kier molecular flexibility index (Phi) is 3.67. The van der Waals surface area contributed by atoms with Gasteiger partial charge >= 0.3 is 0 Å². The zero-order valence-corrected chi connectivity index (χ0v) is 14.8. The first-order valence-corrected chi connectivity index (χ1v) is 9.59. The third-order valence-corrected chi connectivity index (χ3v) is 8.34. The van der Waals surface area contributed by atoms with Crippen LogP contribution in [0.15, 0.2) is 43.0 Å². The smallest absolute Gasteiger partial charge is 0.143 e. The lowest BCUT2D eigenvalue weighted by Crippen LogP contribution is -2.60. The molecular weight excluding hydrogens is 304 g/mol. The van der Waals surface area contributed by atoms with Gasteiger partial charge in [0, 0.05) is 5.25 Å². The minimum absolute atomic E-state index is 0.260. The van der Waals surface area contributed by atoms with Gasteiger partial charge in [-0.25, -0.2) is 0 Å². The molecule has 6 atom stereocenters. The van der Waals surface area contributed by atoms with E-state index < -0.39 is 5.60 Å². The summed E-state index contributed by atoms with van der Waals surface area (Å²) in [6.07, 6.45) is 4.28. The number of aliphatic hydroxyl groups is 1. The summed E-state index contributed by atoms with van der Waals surface area (Å²) in [7, 11) is 0. The maximum absolute atomic E-state index is 11.2. The molecule has 0 amide bonds. The van der Waals surface area contributed by atoms with Gasteiger partial charge in [0.25, 0.3) is 0 Å². The molecule has 0 radical (unpaired) electrons. The molecule has 4 fully saturated rings. The van der Waals surface area contributed by atoms with Gasteiger partial charge in [-0.15, -0.1) is 11.8 Å². The van der Waals surface area contributed by atoms with Crippen LogP contribution in [0.3, 0.4) is 0 Å². The molecule has 1 N–H and O–H groups in total. The third-order valence-electron chi connectivity index (χ3n) is 6.70. The molecule has 1 heterocycles. The van der Waals surface area contributed by atoms with Gasteiger partial charge in [0.05, 0.1) is 6.61 Å². The molecule has 3 saturated carbocycles. The van der Waals surface area contributed by atoms with Crippen molar-refractivity contribution in [2.45, 2.75) is 43.0 Å². The van der Waals surface area contributed by atoms with E-state index in [-0.39, 0.29) is 5.44 Å². The molecule has 1 aromatic rings. The summed E-state index contributed by atoms with van der Waals surface area (Å²) in [5, 5.41) is 11.8. The molecule has 1 aliphatic heterocycles. The number of benzene rings is 1. The number of ether oxygens (including phenoxy) is 1. The standard InChI is InChI=1S/C20H26O2S/c1-4-20(21,13-8-6-5-7-9-13)18-22-12-15-16-10-14(19(16,2)3)11-17(15)23-18/h4-9,14-18,21H,1,10-12H2,2-3H3/t14-,15+,16+,17+,18-,20+/m1/s1. The Balaban J connectivity index is 1.56. The van der Waals surface area contributed by atoms with Crippen LogP contribution in [-0.2, 0) is 10.3 Å². The molecular formula is C20H26O2S. The first-order valence-electron chi connectivity index (χ1n) is 8.65. The molecule has 2 bridgehead atoms. The van der Waals surface area contributed by atoms with Crippen molar-refractivity contribution in [2.75, 3.05) is 6.61 Å². The van der Waals surface area contributed by atoms with Crippen LogP contribution in [0, 0.1) is 23.2 Å². The first-order chi connectivity index (χ1) is 11.0. The Labute approximate surface area is 143 Å². The van der Waals surface area contributed by atoms with Crippen LogP contribution in [0.1, 0.15) is 32.3 Å². The minimum atomic E-state index is -1.12. The topological polar surface area (TPSA) is 29.5 Å². The molecule has 5 rings (SSSR count). The summed E-state index contributed by atoms with van der Waals surface area (Å²) in [5.41, 5.74) is -0.0309. The highest BCUT2D eigenvalue weighted by Crippen LogP contribution is 2.65. The van der Waals surface area contributed by atoms with E-state index in [1.54, 1.807) is 6.08 Å². The van der Waals surface area contributed by atoms with Crippen LogP contribution < -0.4 is 0 Å². The van der Waals surface area contributed by atoms with Gasteiger partial charge in [-0.05, 0) is 41.6 Å². The van der Waals surface area contributed by atoms with Crippen LogP contribution in [0.5, 0.6) is 0 Å². The molecule has 124 valence electrons. The van der Waals surface area contributed by atoms with E-state index >= 15 is 0 Å². The molecule has 4 aliphatic rings. The normalized spacial score (nSPS) is 40.4. The van der Waals surface area contributed by atoms with E-state index in [0.29, 0.717) is 16.6 Å². The lowest BCUT2D eigenvalue weighted by Gasteiger charge is -2.64. The Morgan fingerprint density at radius 3 is 2.70 bits per heavy atom. The Hall–Kier alpha value is -0.770. The van der Waals surface area contributed by atoms with Crippen molar-refractivity contribution < 1.29 is 9.84 Å². The zero-order valence-electron chi connectivity index (χ0n) is 13.9. The molecule has 1 saturated heterocycles. The van der Waals surface area contributed by atoms with Crippen molar-refractivity contribution in [2.24, 2.45) is 23.2 Å². The Morgan fingerprint density at radius 2 is 2.04 bits per heavy atom. The highest BCUT2D eigenvalue weighted by molar-refractivity contribution is 8.00. The molecule has 0 spiro atoms. The van der Waals surface area contributed by atoms with E-state index in [0.717, 1.165) is 24.0 Å². The Morgan fingerprint density at radius 1 is 1.30 bits per heavy atom. The van der Waals surface area contributed by atoms with Crippen molar-refractivity contribution in [1.29, 1.82) is 0 Å². The highest BCUT2D eigenvalue weighted by atomic mass is 32.2. The minimum Gasteiger partial charge on any atom is -0.377 e. The van der Waals surface area contributed by atoms with Gasteiger partial charge in [-0.2, -0.15) is 0 Å². The fourth-order valence-electron chi connectivity index (χ4n) is 4.96. The fraction of sp³-hybridized carbons (Fsp3) is 0.600. The van der Waals surface area contributed by atoms with Crippen LogP contribution in [-0.4, -0.2) is 22.4 Å². The fourth-order valence-corrected chi connectivity index (χ4v) is 6.69. The molecule has 0 unspecified atom stereocenters. The third kappa shape index (κ3) is 2.24. The lowest BCUT2D eigenvalue weighted by atomic mass is 9.45. The summed E-state index contributed by atoms with van der Waals surface area (Å²) >= 11 is 1.83. The molecule has 3 heteroatoms. The van der Waals surface area contributed by atoms with Crippen LogP contribution in [0.4, 0.5) is 0 Å². The van der Waals surface area contributed by atoms with Crippen molar-refractivity contribution >= 4 is 11.8 Å². The van der Waals surface area contributed by atoms with Crippen LogP contribution >= 0.6 is 11.8 Å². The van der Waals surface area contributed by atoms with E-state index in [1.165, 1.54) is 12.8 Å². The van der Waals surface area contributed by atoms with E-state index in [1.807, 2.05) is 42.1 Å². The second-order valence-corrected chi connectivity index (χ2v) is 9.30.